The Morgan fingerprint density at radius 2 is 2.06 bits per heavy atom. The van der Waals surface area contributed by atoms with E-state index in [9.17, 15) is 18.0 Å². The Hall–Kier alpha value is -1.76. The van der Waals surface area contributed by atoms with Crippen molar-refractivity contribution in [1.29, 1.82) is 0 Å². The largest absolute Gasteiger partial charge is 0.496 e. The van der Waals surface area contributed by atoms with Crippen LogP contribution in [-0.4, -0.2) is 13.0 Å². The van der Waals surface area contributed by atoms with Gasteiger partial charge < -0.3 is 16.2 Å². The highest BCUT2D eigenvalue weighted by Gasteiger charge is 2.31. The Kier molecular flexibility index (Phi) is 4.18. The minimum Gasteiger partial charge on any atom is -0.496 e. The average Bonchev–Trinajstić information content (AvgIpc) is 2.26. The van der Waals surface area contributed by atoms with E-state index in [-0.39, 0.29) is 17.7 Å². The van der Waals surface area contributed by atoms with E-state index in [2.05, 4.69) is 0 Å². The summed E-state index contributed by atoms with van der Waals surface area (Å²) in [5.74, 6) is -0.501. The molecule has 0 heterocycles. The molecule has 4 N–H and O–H groups in total. The highest BCUT2D eigenvalue weighted by Crippen LogP contribution is 2.34. The van der Waals surface area contributed by atoms with E-state index in [0.717, 1.165) is 12.1 Å². The molecule has 1 aromatic rings. The first-order valence-electron chi connectivity index (χ1n) is 5.04. The lowest BCUT2D eigenvalue weighted by Gasteiger charge is -2.16. The van der Waals surface area contributed by atoms with Crippen molar-refractivity contribution in [2.45, 2.75) is 18.6 Å². The third-order valence-corrected chi connectivity index (χ3v) is 2.38. The van der Waals surface area contributed by atoms with Crippen molar-refractivity contribution in [3.63, 3.8) is 0 Å². The van der Waals surface area contributed by atoms with Crippen LogP contribution in [0.4, 0.5) is 13.2 Å². The summed E-state index contributed by atoms with van der Waals surface area (Å²) in [6.07, 6.45) is -4.73. The first-order chi connectivity index (χ1) is 8.25. The summed E-state index contributed by atoms with van der Waals surface area (Å²) in [6, 6.07) is 1.99. The van der Waals surface area contributed by atoms with Crippen molar-refractivity contribution in [2.75, 3.05) is 7.11 Å². The van der Waals surface area contributed by atoms with E-state index >= 15 is 0 Å². The Balaban J connectivity index is 3.17. The van der Waals surface area contributed by atoms with Crippen LogP contribution in [0, 0.1) is 0 Å². The van der Waals surface area contributed by atoms with Gasteiger partial charge in [-0.15, -0.1) is 0 Å². The second-order valence-corrected chi connectivity index (χ2v) is 3.73. The molecule has 1 rings (SSSR count). The number of primary amides is 1. The number of methoxy groups -OCH3 is 1. The molecule has 0 aliphatic rings. The monoisotopic (exact) mass is 262 g/mol. The topological polar surface area (TPSA) is 78.3 Å². The maximum atomic E-state index is 12.6. The first-order valence-corrected chi connectivity index (χ1v) is 5.04. The fourth-order valence-corrected chi connectivity index (χ4v) is 1.53. The molecule has 0 aliphatic heterocycles. The molecular weight excluding hydrogens is 249 g/mol. The lowest BCUT2D eigenvalue weighted by atomic mass is 10.0. The molecule has 0 aromatic heterocycles. The van der Waals surface area contributed by atoms with Crippen LogP contribution in [0.25, 0.3) is 0 Å². The van der Waals surface area contributed by atoms with Gasteiger partial charge in [-0.25, -0.2) is 0 Å². The number of hydrogen-bond donors (Lipinski definition) is 2. The van der Waals surface area contributed by atoms with E-state index < -0.39 is 23.7 Å². The molecule has 0 spiro atoms. The van der Waals surface area contributed by atoms with Crippen molar-refractivity contribution in [3.8, 4) is 5.75 Å². The van der Waals surface area contributed by atoms with E-state index in [1.54, 1.807) is 0 Å². The van der Waals surface area contributed by atoms with Crippen LogP contribution in [0.3, 0.4) is 0 Å². The molecule has 18 heavy (non-hydrogen) atoms. The molecule has 4 nitrogen and oxygen atoms in total. The highest BCUT2D eigenvalue weighted by atomic mass is 19.4. The normalized spacial score (nSPS) is 13.2. The quantitative estimate of drug-likeness (QED) is 0.864. The van der Waals surface area contributed by atoms with Gasteiger partial charge in [-0.2, -0.15) is 13.2 Å². The molecule has 1 atom stereocenters. The molecule has 0 bridgehead atoms. The number of benzene rings is 1. The molecule has 1 aromatic carbocycles. The number of halogens is 3. The van der Waals surface area contributed by atoms with Crippen LogP contribution in [0.2, 0.25) is 0 Å². The molecular formula is C11H13F3N2O2. The maximum Gasteiger partial charge on any atom is 0.416 e. The van der Waals surface area contributed by atoms with Crippen molar-refractivity contribution >= 4 is 5.91 Å². The Morgan fingerprint density at radius 1 is 1.44 bits per heavy atom. The summed E-state index contributed by atoms with van der Waals surface area (Å²) in [5.41, 5.74) is 9.85. The lowest BCUT2D eigenvalue weighted by molar-refractivity contribution is -0.137. The third-order valence-electron chi connectivity index (χ3n) is 2.38. The molecule has 0 fully saturated rings. The molecule has 7 heteroatoms. The number of amides is 1. The van der Waals surface area contributed by atoms with Crippen LogP contribution in [0.5, 0.6) is 5.75 Å². The number of ether oxygens (including phenoxy) is 1. The predicted octanol–water partition coefficient (Wildman–Crippen LogP) is 1.59. The molecule has 0 radical (unpaired) electrons. The summed E-state index contributed by atoms with van der Waals surface area (Å²) < 4.78 is 42.6. The van der Waals surface area contributed by atoms with Gasteiger partial charge in [0.1, 0.15) is 5.75 Å². The fourth-order valence-electron chi connectivity index (χ4n) is 1.53. The highest BCUT2D eigenvalue weighted by molar-refractivity contribution is 5.74. The van der Waals surface area contributed by atoms with Gasteiger partial charge in [0, 0.05) is 18.0 Å². The van der Waals surface area contributed by atoms with E-state index in [0.29, 0.717) is 0 Å². The molecule has 1 unspecified atom stereocenters. The van der Waals surface area contributed by atoms with E-state index in [1.807, 2.05) is 0 Å². The second kappa shape index (κ2) is 5.26. The first kappa shape index (κ1) is 14.3. The minimum absolute atomic E-state index is 0.103. The van der Waals surface area contributed by atoms with Crippen molar-refractivity contribution in [1.82, 2.24) is 0 Å². The summed E-state index contributed by atoms with van der Waals surface area (Å²) in [5, 5.41) is 0. The number of carbonyl (C=O) groups is 1. The number of carbonyl (C=O) groups excluding carboxylic acids is 1. The molecule has 1 amide bonds. The van der Waals surface area contributed by atoms with Crippen LogP contribution < -0.4 is 16.2 Å². The molecule has 0 saturated carbocycles. The van der Waals surface area contributed by atoms with E-state index in [4.69, 9.17) is 16.2 Å². The van der Waals surface area contributed by atoms with E-state index in [1.165, 1.54) is 13.2 Å². The SMILES string of the molecule is COc1ccc(C(F)(F)F)cc1C(N)CC(N)=O. The van der Waals surface area contributed by atoms with Gasteiger partial charge in [-0.3, -0.25) is 4.79 Å². The molecule has 0 saturated heterocycles. The zero-order valence-corrected chi connectivity index (χ0v) is 9.62. The van der Waals surface area contributed by atoms with Crippen LogP contribution in [0.1, 0.15) is 23.6 Å². The van der Waals surface area contributed by atoms with Crippen LogP contribution in [-0.2, 0) is 11.0 Å². The summed E-state index contributed by atoms with van der Waals surface area (Å²) in [4.78, 5) is 10.7. The van der Waals surface area contributed by atoms with Crippen molar-refractivity contribution in [3.05, 3.63) is 29.3 Å². The van der Waals surface area contributed by atoms with Gasteiger partial charge in [0.2, 0.25) is 5.91 Å². The van der Waals surface area contributed by atoms with Crippen molar-refractivity contribution < 1.29 is 22.7 Å². The lowest BCUT2D eigenvalue weighted by Crippen LogP contribution is -2.21. The predicted molar refractivity (Wildman–Crippen MR) is 58.7 cm³/mol. The second-order valence-electron chi connectivity index (χ2n) is 3.73. The molecule has 100 valence electrons. The maximum absolute atomic E-state index is 12.6. The third kappa shape index (κ3) is 3.36. The van der Waals surface area contributed by atoms with Gasteiger partial charge in [0.15, 0.2) is 0 Å². The van der Waals surface area contributed by atoms with Gasteiger partial charge in [0.05, 0.1) is 12.7 Å². The Bertz CT molecular complexity index is 446. The summed E-state index contributed by atoms with van der Waals surface area (Å²) in [6.45, 7) is 0. The van der Waals surface area contributed by atoms with Crippen LogP contribution in [0.15, 0.2) is 18.2 Å². The van der Waals surface area contributed by atoms with Gasteiger partial charge in [0.25, 0.3) is 0 Å². The number of alkyl halides is 3. The number of rotatable bonds is 4. The standard InChI is InChI=1S/C11H13F3N2O2/c1-18-9-3-2-6(11(12,13)14)4-7(9)8(15)5-10(16)17/h2-4,8H,5,15H2,1H3,(H2,16,17). The van der Waals surface area contributed by atoms with Gasteiger partial charge in [-0.1, -0.05) is 0 Å². The van der Waals surface area contributed by atoms with Gasteiger partial charge >= 0.3 is 6.18 Å². The van der Waals surface area contributed by atoms with Gasteiger partial charge in [-0.05, 0) is 18.2 Å². The Morgan fingerprint density at radius 3 is 2.50 bits per heavy atom. The average molecular weight is 262 g/mol. The zero-order valence-electron chi connectivity index (χ0n) is 9.62. The Labute approximate surface area is 102 Å². The smallest absolute Gasteiger partial charge is 0.416 e. The van der Waals surface area contributed by atoms with Crippen LogP contribution >= 0.6 is 0 Å². The molecule has 0 aliphatic carbocycles. The fraction of sp³-hybridized carbons (Fsp3) is 0.364. The zero-order chi connectivity index (χ0) is 13.9. The summed E-state index contributed by atoms with van der Waals surface area (Å²) >= 11 is 0. The number of hydrogen-bond acceptors (Lipinski definition) is 3. The number of nitrogens with two attached hydrogens (primary N) is 2. The summed E-state index contributed by atoms with van der Waals surface area (Å²) in [7, 11) is 1.31. The van der Waals surface area contributed by atoms with Crippen molar-refractivity contribution in [2.24, 2.45) is 11.5 Å². The minimum atomic E-state index is -4.48.